The monoisotopic (exact) mass is 1180 g/mol. The number of phosphoric acid groups is 1. The second kappa shape index (κ2) is 62.6. The zero-order chi connectivity index (χ0) is 61.2. The molecular formula is C74H118NO8P. The lowest BCUT2D eigenvalue weighted by Gasteiger charge is -2.28. The fourth-order valence-electron chi connectivity index (χ4n) is 8.01. The molecule has 0 heterocycles. The van der Waals surface area contributed by atoms with Crippen LogP contribution in [0.1, 0.15) is 219 Å². The molecular weight excluding hydrogens is 1060 g/mol. The third-order valence-electron chi connectivity index (χ3n) is 12.9. The molecule has 0 aromatic carbocycles. The molecule has 10 heteroatoms. The highest BCUT2D eigenvalue weighted by molar-refractivity contribution is 7.45. The van der Waals surface area contributed by atoms with Gasteiger partial charge in [0.15, 0.2) is 6.10 Å². The summed E-state index contributed by atoms with van der Waals surface area (Å²) in [6.07, 6.45) is 96.8. The minimum Gasteiger partial charge on any atom is -0.756 e. The van der Waals surface area contributed by atoms with Gasteiger partial charge < -0.3 is 27.9 Å². The van der Waals surface area contributed by atoms with Crippen LogP contribution in [0.5, 0.6) is 0 Å². The number of allylic oxidation sites excluding steroid dienone is 30. The van der Waals surface area contributed by atoms with E-state index >= 15 is 0 Å². The van der Waals surface area contributed by atoms with Crippen molar-refractivity contribution in [2.45, 2.75) is 225 Å². The summed E-state index contributed by atoms with van der Waals surface area (Å²) < 4.78 is 34.1. The van der Waals surface area contributed by atoms with E-state index in [1.165, 1.54) is 51.4 Å². The van der Waals surface area contributed by atoms with Gasteiger partial charge in [0.1, 0.15) is 19.8 Å². The lowest BCUT2D eigenvalue weighted by molar-refractivity contribution is -0.870. The van der Waals surface area contributed by atoms with Crippen molar-refractivity contribution < 1.29 is 42.1 Å². The van der Waals surface area contributed by atoms with E-state index in [9.17, 15) is 19.0 Å². The molecule has 0 saturated heterocycles. The van der Waals surface area contributed by atoms with E-state index in [4.69, 9.17) is 18.5 Å². The first-order valence-corrected chi connectivity index (χ1v) is 34.0. The second-order valence-corrected chi connectivity index (χ2v) is 23.4. The molecule has 9 nitrogen and oxygen atoms in total. The summed E-state index contributed by atoms with van der Waals surface area (Å²) in [5.41, 5.74) is 0. The Bertz CT molecular complexity index is 2070. The average Bonchev–Trinajstić information content (AvgIpc) is 3.61. The van der Waals surface area contributed by atoms with Gasteiger partial charge in [0.2, 0.25) is 0 Å². The maximum absolute atomic E-state index is 12.8. The average molecular weight is 1180 g/mol. The topological polar surface area (TPSA) is 111 Å². The van der Waals surface area contributed by atoms with Crippen molar-refractivity contribution in [3.8, 4) is 0 Å². The largest absolute Gasteiger partial charge is 0.756 e. The Morgan fingerprint density at radius 1 is 0.369 bits per heavy atom. The summed E-state index contributed by atoms with van der Waals surface area (Å²) in [6, 6.07) is 0. The van der Waals surface area contributed by atoms with Crippen LogP contribution in [0.25, 0.3) is 0 Å². The third-order valence-corrected chi connectivity index (χ3v) is 13.9. The maximum Gasteiger partial charge on any atom is 0.306 e. The van der Waals surface area contributed by atoms with Crippen LogP contribution in [0.4, 0.5) is 0 Å². The van der Waals surface area contributed by atoms with Crippen LogP contribution >= 0.6 is 7.82 Å². The van der Waals surface area contributed by atoms with Gasteiger partial charge in [0, 0.05) is 12.8 Å². The molecule has 0 rings (SSSR count). The summed E-state index contributed by atoms with van der Waals surface area (Å²) in [7, 11) is 1.11. The highest BCUT2D eigenvalue weighted by atomic mass is 31.2. The van der Waals surface area contributed by atoms with Crippen molar-refractivity contribution >= 4 is 19.8 Å². The summed E-state index contributed by atoms with van der Waals surface area (Å²) >= 11 is 0. The maximum atomic E-state index is 12.8. The Hall–Kier alpha value is -4.89. The molecule has 0 radical (unpaired) electrons. The molecule has 0 aromatic heterocycles. The molecule has 2 atom stereocenters. The van der Waals surface area contributed by atoms with Gasteiger partial charge in [0.05, 0.1) is 27.7 Å². The lowest BCUT2D eigenvalue weighted by atomic mass is 10.0. The Labute approximate surface area is 514 Å². The molecule has 0 saturated carbocycles. The summed E-state index contributed by atoms with van der Waals surface area (Å²) in [4.78, 5) is 38.0. The molecule has 472 valence electrons. The SMILES string of the molecule is CC/C=C\C/C=C\C/C=C\C/C=C\C/C=C\C/C=C\C/C=C\C/C=C\CCCCCCCCCCCCCCC(=O)OC(COC(=O)CCC/C=C\C/C=C\C/C=C\C/C=C\C/C=C\C/C=C\C/C=C\CC)COP(=O)([O-])OCC[N+](C)(C)C. The molecule has 0 bridgehead atoms. The number of nitrogens with zero attached hydrogens (tertiary/aromatic N) is 1. The number of carbonyl (C=O) groups excluding carboxylic acids is 2. The molecule has 0 spiro atoms. The van der Waals surface area contributed by atoms with E-state index < -0.39 is 32.5 Å². The Kier molecular flexibility index (Phi) is 59.0. The van der Waals surface area contributed by atoms with Crippen LogP contribution in [-0.2, 0) is 32.7 Å². The first-order valence-electron chi connectivity index (χ1n) is 32.5. The first-order chi connectivity index (χ1) is 41.0. The number of quaternary nitrogens is 1. The quantitative estimate of drug-likeness (QED) is 0.0195. The Balaban J connectivity index is 4.20. The van der Waals surface area contributed by atoms with E-state index in [0.717, 1.165) is 128 Å². The van der Waals surface area contributed by atoms with Crippen LogP contribution < -0.4 is 4.89 Å². The molecule has 0 fully saturated rings. The number of unbranched alkanes of at least 4 members (excludes halogenated alkanes) is 13. The first kappa shape index (κ1) is 79.1. The number of likely N-dealkylation sites (N-methyl/N-ethyl adjacent to an activating group) is 1. The molecule has 0 N–H and O–H groups in total. The van der Waals surface area contributed by atoms with E-state index in [1.54, 1.807) is 0 Å². The van der Waals surface area contributed by atoms with Crippen LogP contribution in [0.3, 0.4) is 0 Å². The van der Waals surface area contributed by atoms with Gasteiger partial charge >= 0.3 is 11.9 Å². The number of carbonyl (C=O) groups is 2. The minimum atomic E-state index is -4.67. The standard InChI is InChI=1S/C74H118NO8P/c1-6-8-10-12-14-16-18-20-22-24-26-28-30-31-32-33-34-35-36-37-38-39-40-41-42-43-45-47-49-51-53-55-57-59-61-63-65-67-74(77)83-72(71-82-84(78,79)81-69-68-75(3,4)5)70-80-73(76)66-64-62-60-58-56-54-52-50-48-46-44-29-27-25-23-21-19-17-15-13-11-9-7-2/h8-11,14-17,20-23,26-29,31-32,34-35,37-38,40-41,46,48,52,54,58,60,72H,6-7,12-13,18-19,24-25,30,33,36,39,42-45,47,49-51,53,55-57,59,61-71H2,1-5H3/b10-8-,11-9-,16-14-,17-15-,22-20-,23-21-,28-26-,29-27-,32-31-,35-34-,38-37-,41-40-,48-46-,54-52-,60-58-. The minimum absolute atomic E-state index is 0.0502. The Morgan fingerprint density at radius 3 is 0.988 bits per heavy atom. The van der Waals surface area contributed by atoms with E-state index in [1.807, 2.05) is 21.1 Å². The van der Waals surface area contributed by atoms with Crippen molar-refractivity contribution in [2.75, 3.05) is 47.5 Å². The smallest absolute Gasteiger partial charge is 0.306 e. The second-order valence-electron chi connectivity index (χ2n) is 22.0. The predicted octanol–water partition coefficient (Wildman–Crippen LogP) is 20.5. The van der Waals surface area contributed by atoms with Crippen molar-refractivity contribution in [2.24, 2.45) is 0 Å². The van der Waals surface area contributed by atoms with Gasteiger partial charge in [-0.3, -0.25) is 14.2 Å². The molecule has 0 aliphatic rings. The van der Waals surface area contributed by atoms with Crippen LogP contribution in [0, 0.1) is 0 Å². The van der Waals surface area contributed by atoms with Gasteiger partial charge in [0.25, 0.3) is 7.82 Å². The van der Waals surface area contributed by atoms with Crippen LogP contribution in [0.2, 0.25) is 0 Å². The van der Waals surface area contributed by atoms with Crippen molar-refractivity contribution in [3.63, 3.8) is 0 Å². The zero-order valence-corrected chi connectivity index (χ0v) is 54.4. The van der Waals surface area contributed by atoms with E-state index in [-0.39, 0.29) is 26.1 Å². The van der Waals surface area contributed by atoms with Crippen molar-refractivity contribution in [1.82, 2.24) is 0 Å². The van der Waals surface area contributed by atoms with Crippen molar-refractivity contribution in [3.05, 3.63) is 182 Å². The van der Waals surface area contributed by atoms with Crippen LogP contribution in [-0.4, -0.2) is 70.0 Å². The summed E-state index contributed by atoms with van der Waals surface area (Å²) in [6.45, 7) is 3.92. The zero-order valence-electron chi connectivity index (χ0n) is 53.5. The van der Waals surface area contributed by atoms with Gasteiger partial charge in [-0.1, -0.05) is 260 Å². The number of ether oxygens (including phenoxy) is 2. The normalized spacial score (nSPS) is 14.4. The molecule has 0 aromatic rings. The van der Waals surface area contributed by atoms with Crippen LogP contribution in [0.15, 0.2) is 182 Å². The highest BCUT2D eigenvalue weighted by Gasteiger charge is 2.21. The van der Waals surface area contributed by atoms with Gasteiger partial charge in [-0.05, 0) is 128 Å². The van der Waals surface area contributed by atoms with E-state index in [2.05, 4.69) is 196 Å². The number of hydrogen-bond acceptors (Lipinski definition) is 8. The van der Waals surface area contributed by atoms with Gasteiger partial charge in [-0.15, -0.1) is 0 Å². The third kappa shape index (κ3) is 66.3. The van der Waals surface area contributed by atoms with E-state index in [0.29, 0.717) is 23.9 Å². The number of esters is 2. The fraction of sp³-hybridized carbons (Fsp3) is 0.568. The van der Waals surface area contributed by atoms with Gasteiger partial charge in [-0.2, -0.15) is 0 Å². The van der Waals surface area contributed by atoms with Gasteiger partial charge in [-0.25, -0.2) is 0 Å². The predicted molar refractivity (Wildman–Crippen MR) is 359 cm³/mol. The molecule has 2 unspecified atom stereocenters. The summed E-state index contributed by atoms with van der Waals surface area (Å²) in [5.74, 6) is -0.919. The molecule has 0 amide bonds. The number of hydrogen-bond donors (Lipinski definition) is 0. The van der Waals surface area contributed by atoms with Crippen molar-refractivity contribution in [1.29, 1.82) is 0 Å². The lowest BCUT2D eigenvalue weighted by Crippen LogP contribution is -2.37. The molecule has 0 aliphatic carbocycles. The molecule has 0 aliphatic heterocycles. The summed E-state index contributed by atoms with van der Waals surface area (Å²) in [5, 5.41) is 0. The Morgan fingerprint density at radius 2 is 0.655 bits per heavy atom. The molecule has 84 heavy (non-hydrogen) atoms. The number of rotatable bonds is 57. The highest BCUT2D eigenvalue weighted by Crippen LogP contribution is 2.38. The fourth-order valence-corrected chi connectivity index (χ4v) is 8.74. The number of phosphoric ester groups is 1.